The molecule has 1 unspecified atom stereocenters. The molecule has 1 heterocycles. The van der Waals surface area contributed by atoms with Crippen LogP contribution in [0.3, 0.4) is 0 Å². The van der Waals surface area contributed by atoms with Gasteiger partial charge in [0.2, 0.25) is 0 Å². The lowest BCUT2D eigenvalue weighted by molar-refractivity contribution is 0.124. The molecule has 0 amide bonds. The van der Waals surface area contributed by atoms with E-state index < -0.39 is 12.0 Å². The van der Waals surface area contributed by atoms with E-state index in [4.69, 9.17) is 11.6 Å². The molecule has 1 aromatic carbocycles. The summed E-state index contributed by atoms with van der Waals surface area (Å²) in [5.41, 5.74) is 0.458. The van der Waals surface area contributed by atoms with Gasteiger partial charge in [0.15, 0.2) is 0 Å². The molecule has 17 heavy (non-hydrogen) atoms. The summed E-state index contributed by atoms with van der Waals surface area (Å²) in [5, 5.41) is 15.9. The van der Waals surface area contributed by atoms with Gasteiger partial charge in [-0.1, -0.05) is 23.7 Å². The molecule has 2 atom stereocenters. The van der Waals surface area contributed by atoms with Crippen LogP contribution in [0.5, 0.6) is 0 Å². The first-order chi connectivity index (χ1) is 8.18. The van der Waals surface area contributed by atoms with E-state index in [9.17, 15) is 9.50 Å². The molecule has 1 aliphatic heterocycles. The number of nitrogens with one attached hydrogen (secondary N) is 2. The molecule has 94 valence electrons. The van der Waals surface area contributed by atoms with Crippen LogP contribution < -0.4 is 10.6 Å². The molecule has 1 fully saturated rings. The zero-order valence-electron chi connectivity index (χ0n) is 9.12. The van der Waals surface area contributed by atoms with Gasteiger partial charge in [0.05, 0.1) is 10.4 Å². The Morgan fingerprint density at radius 2 is 2.47 bits per heavy atom. The molecule has 1 aliphatic rings. The molecule has 0 aliphatic carbocycles. The summed E-state index contributed by atoms with van der Waals surface area (Å²) in [6.45, 7) is 1.14. The Morgan fingerprint density at radius 3 is 3.18 bits per heavy atom. The molecule has 0 aromatic heterocycles. The molecule has 2 rings (SSSR count). The molecule has 0 spiro atoms. The van der Waals surface area contributed by atoms with Crippen LogP contribution in [0, 0.1) is 5.82 Å². The van der Waals surface area contributed by atoms with E-state index >= 15 is 0 Å². The first-order valence-electron chi connectivity index (χ1n) is 5.38. The summed E-state index contributed by atoms with van der Waals surface area (Å²) in [6.07, 6.45) is -0.694. The van der Waals surface area contributed by atoms with Gasteiger partial charge in [-0.3, -0.25) is 5.32 Å². The van der Waals surface area contributed by atoms with Crippen molar-refractivity contribution in [2.45, 2.75) is 18.1 Å². The average molecular weight is 277 g/mol. The highest BCUT2D eigenvalue weighted by atomic mass is 35.5. The number of benzene rings is 1. The van der Waals surface area contributed by atoms with Crippen molar-refractivity contribution in [2.24, 2.45) is 0 Å². The third kappa shape index (κ3) is 3.33. The van der Waals surface area contributed by atoms with E-state index in [1.807, 2.05) is 0 Å². The van der Waals surface area contributed by atoms with Crippen molar-refractivity contribution < 1.29 is 9.50 Å². The maximum absolute atomic E-state index is 13.6. The van der Waals surface area contributed by atoms with Crippen molar-refractivity contribution in [3.63, 3.8) is 0 Å². The number of aliphatic hydroxyl groups excluding tert-OH is 1. The van der Waals surface area contributed by atoms with Crippen LogP contribution in [0.4, 0.5) is 4.39 Å². The first kappa shape index (κ1) is 13.1. The number of halogens is 2. The SMILES string of the molecule is OC(NCc1cccc(Cl)c1F)[C@H]1NCCS1. The molecule has 0 saturated carbocycles. The topological polar surface area (TPSA) is 44.3 Å². The zero-order chi connectivity index (χ0) is 12.3. The summed E-state index contributed by atoms with van der Waals surface area (Å²) < 4.78 is 13.6. The summed E-state index contributed by atoms with van der Waals surface area (Å²) in [7, 11) is 0. The minimum atomic E-state index is -0.694. The molecule has 3 nitrogen and oxygen atoms in total. The summed E-state index contributed by atoms with van der Waals surface area (Å²) in [5.74, 6) is 0.551. The largest absolute Gasteiger partial charge is 0.376 e. The van der Waals surface area contributed by atoms with Crippen LogP contribution in [-0.2, 0) is 6.54 Å². The van der Waals surface area contributed by atoms with Gasteiger partial charge in [0.25, 0.3) is 0 Å². The first-order valence-corrected chi connectivity index (χ1v) is 6.80. The average Bonchev–Trinajstić information content (AvgIpc) is 2.84. The fourth-order valence-corrected chi connectivity index (χ4v) is 2.85. The van der Waals surface area contributed by atoms with Crippen molar-refractivity contribution in [3.8, 4) is 0 Å². The van der Waals surface area contributed by atoms with Gasteiger partial charge in [0, 0.05) is 24.4 Å². The number of rotatable bonds is 4. The van der Waals surface area contributed by atoms with Crippen molar-refractivity contribution in [3.05, 3.63) is 34.6 Å². The van der Waals surface area contributed by atoms with Gasteiger partial charge < -0.3 is 10.4 Å². The van der Waals surface area contributed by atoms with E-state index in [-0.39, 0.29) is 16.9 Å². The molecule has 1 saturated heterocycles. The Balaban J connectivity index is 1.90. The van der Waals surface area contributed by atoms with Crippen LogP contribution in [0.1, 0.15) is 5.56 Å². The monoisotopic (exact) mass is 276 g/mol. The maximum Gasteiger partial charge on any atom is 0.146 e. The molecular formula is C11H14ClFN2OS. The second-order valence-corrected chi connectivity index (χ2v) is 5.44. The fraction of sp³-hybridized carbons (Fsp3) is 0.455. The Hall–Kier alpha value is -0.330. The number of hydrogen-bond acceptors (Lipinski definition) is 4. The predicted octanol–water partition coefficient (Wildman–Crippen LogP) is 1.55. The van der Waals surface area contributed by atoms with Crippen molar-refractivity contribution in [1.82, 2.24) is 10.6 Å². The van der Waals surface area contributed by atoms with E-state index in [1.165, 1.54) is 6.07 Å². The van der Waals surface area contributed by atoms with Gasteiger partial charge in [-0.25, -0.2) is 4.39 Å². The molecule has 0 radical (unpaired) electrons. The Morgan fingerprint density at radius 1 is 1.65 bits per heavy atom. The van der Waals surface area contributed by atoms with Crippen LogP contribution in [0.25, 0.3) is 0 Å². The van der Waals surface area contributed by atoms with Crippen molar-refractivity contribution in [2.75, 3.05) is 12.3 Å². The summed E-state index contributed by atoms with van der Waals surface area (Å²) in [6, 6.07) is 4.85. The van der Waals surface area contributed by atoms with Gasteiger partial charge in [-0.05, 0) is 6.07 Å². The highest BCUT2D eigenvalue weighted by molar-refractivity contribution is 8.00. The van der Waals surface area contributed by atoms with E-state index in [1.54, 1.807) is 23.9 Å². The highest BCUT2D eigenvalue weighted by Gasteiger charge is 2.22. The normalized spacial score (nSPS) is 21.7. The lowest BCUT2D eigenvalue weighted by Gasteiger charge is -2.19. The Bertz CT molecular complexity index is 388. The van der Waals surface area contributed by atoms with Gasteiger partial charge >= 0.3 is 0 Å². The molecule has 0 bridgehead atoms. The van der Waals surface area contributed by atoms with Crippen LogP contribution in [0.15, 0.2) is 18.2 Å². The molecule has 6 heteroatoms. The lowest BCUT2D eigenvalue weighted by Crippen LogP contribution is -2.43. The highest BCUT2D eigenvalue weighted by Crippen LogP contribution is 2.19. The van der Waals surface area contributed by atoms with Crippen molar-refractivity contribution >= 4 is 23.4 Å². The van der Waals surface area contributed by atoms with Crippen LogP contribution >= 0.6 is 23.4 Å². The molecule has 1 aromatic rings. The van der Waals surface area contributed by atoms with Crippen LogP contribution in [-0.4, -0.2) is 29.0 Å². The van der Waals surface area contributed by atoms with Crippen molar-refractivity contribution in [1.29, 1.82) is 0 Å². The van der Waals surface area contributed by atoms with E-state index in [0.717, 1.165) is 12.3 Å². The summed E-state index contributed by atoms with van der Waals surface area (Å²) >= 11 is 7.32. The lowest BCUT2D eigenvalue weighted by atomic mass is 10.2. The van der Waals surface area contributed by atoms with E-state index in [0.29, 0.717) is 5.56 Å². The number of thioether (sulfide) groups is 1. The minimum absolute atomic E-state index is 0.0303. The second-order valence-electron chi connectivity index (χ2n) is 3.78. The number of aliphatic hydroxyl groups is 1. The van der Waals surface area contributed by atoms with Crippen LogP contribution in [0.2, 0.25) is 5.02 Å². The summed E-state index contributed by atoms with van der Waals surface area (Å²) in [4.78, 5) is 0. The van der Waals surface area contributed by atoms with E-state index in [2.05, 4.69) is 10.6 Å². The Labute approximate surface area is 109 Å². The minimum Gasteiger partial charge on any atom is -0.376 e. The smallest absolute Gasteiger partial charge is 0.146 e. The van der Waals surface area contributed by atoms with Gasteiger partial charge in [0.1, 0.15) is 12.0 Å². The number of hydrogen-bond donors (Lipinski definition) is 3. The van der Waals surface area contributed by atoms with Gasteiger partial charge in [-0.15, -0.1) is 11.8 Å². The fourth-order valence-electron chi connectivity index (χ4n) is 1.66. The maximum atomic E-state index is 13.6. The third-order valence-corrected chi connectivity index (χ3v) is 4.08. The standard InChI is InChI=1S/C11H14ClFN2OS/c12-8-3-1-2-7(9(8)13)6-15-10(16)11-14-4-5-17-11/h1-3,10-11,14-16H,4-6H2/t10?,11-/m0/s1. The predicted molar refractivity (Wildman–Crippen MR) is 68.5 cm³/mol. The molecule has 3 N–H and O–H groups in total. The third-order valence-electron chi connectivity index (χ3n) is 2.56. The molecular weight excluding hydrogens is 263 g/mol. The quantitative estimate of drug-likeness (QED) is 0.730. The zero-order valence-corrected chi connectivity index (χ0v) is 10.7. The second kappa shape index (κ2) is 6.02. The Kier molecular flexibility index (Phi) is 4.64. The van der Waals surface area contributed by atoms with Gasteiger partial charge in [-0.2, -0.15) is 0 Å².